The number of rotatable bonds is 5. The summed E-state index contributed by atoms with van der Waals surface area (Å²) in [6, 6.07) is 6.11. The van der Waals surface area contributed by atoms with Gasteiger partial charge in [0, 0.05) is 41.7 Å². The van der Waals surface area contributed by atoms with Crippen molar-refractivity contribution >= 4 is 23.3 Å². The van der Waals surface area contributed by atoms with Crippen LogP contribution in [-0.4, -0.2) is 39.7 Å². The van der Waals surface area contributed by atoms with Gasteiger partial charge in [0.05, 0.1) is 29.8 Å². The van der Waals surface area contributed by atoms with Gasteiger partial charge in [-0.05, 0) is 48.6 Å². The molecule has 194 valence electrons. The number of fused-ring (bicyclic) bond motifs is 4. The van der Waals surface area contributed by atoms with Crippen molar-refractivity contribution in [3.8, 4) is 17.0 Å². The number of aromatic amines is 1. The quantitative estimate of drug-likeness (QED) is 0.400. The summed E-state index contributed by atoms with van der Waals surface area (Å²) in [5.41, 5.74) is 2.24. The third-order valence-corrected chi connectivity index (χ3v) is 6.89. The molecule has 2 N–H and O–H groups in total. The van der Waals surface area contributed by atoms with Gasteiger partial charge in [-0.15, -0.1) is 0 Å². The van der Waals surface area contributed by atoms with E-state index in [0.717, 1.165) is 30.0 Å². The summed E-state index contributed by atoms with van der Waals surface area (Å²) in [5.74, 6) is -0.720. The molecule has 37 heavy (non-hydrogen) atoms. The molecule has 3 aromatic rings. The van der Waals surface area contributed by atoms with E-state index in [0.29, 0.717) is 17.5 Å². The van der Waals surface area contributed by atoms with Crippen LogP contribution in [0.25, 0.3) is 11.1 Å². The van der Waals surface area contributed by atoms with Gasteiger partial charge in [0.1, 0.15) is 5.82 Å². The smallest absolute Gasteiger partial charge is 0.392 e. The molecule has 7 nitrogen and oxygen atoms in total. The van der Waals surface area contributed by atoms with Crippen molar-refractivity contribution in [2.75, 3.05) is 11.9 Å². The molecule has 2 amide bonds. The topological polar surface area (TPSA) is 87.3 Å². The molecule has 0 radical (unpaired) electrons. The highest BCUT2D eigenvalue weighted by Gasteiger charge is 2.43. The Labute approximate surface area is 213 Å². The number of aromatic nitrogens is 2. The molecule has 5 rings (SSSR count). The number of carbonyl (C=O) groups excluding carboxylic acids is 1. The monoisotopic (exact) mass is 536 g/mol. The summed E-state index contributed by atoms with van der Waals surface area (Å²) >= 11 is 6.38. The lowest BCUT2D eigenvalue weighted by molar-refractivity contribution is -0.139. The van der Waals surface area contributed by atoms with Crippen molar-refractivity contribution in [3.63, 3.8) is 0 Å². The van der Waals surface area contributed by atoms with E-state index in [-0.39, 0.29) is 34.2 Å². The van der Waals surface area contributed by atoms with Gasteiger partial charge in [0.2, 0.25) is 11.4 Å². The Hall–Kier alpha value is -3.60. The molecule has 4 heterocycles. The third-order valence-electron chi connectivity index (χ3n) is 6.58. The van der Waals surface area contributed by atoms with E-state index in [2.05, 4.69) is 15.3 Å². The summed E-state index contributed by atoms with van der Waals surface area (Å²) in [6.07, 6.45) is -0.430. The number of H-pyrrole nitrogens is 1. The number of benzene rings is 1. The van der Waals surface area contributed by atoms with Crippen LogP contribution in [0.2, 0.25) is 5.02 Å². The molecule has 2 aromatic heterocycles. The number of urea groups is 1. The van der Waals surface area contributed by atoms with E-state index < -0.39 is 31.1 Å². The van der Waals surface area contributed by atoms with Crippen LogP contribution in [-0.2, 0) is 6.42 Å². The predicted molar refractivity (Wildman–Crippen MR) is 128 cm³/mol. The molecule has 1 saturated heterocycles. The summed E-state index contributed by atoms with van der Waals surface area (Å²) < 4.78 is 56.8. The van der Waals surface area contributed by atoms with E-state index in [1.54, 1.807) is 17.2 Å². The first-order valence-corrected chi connectivity index (χ1v) is 11.9. The number of carbonyl (C=O) groups is 1. The summed E-state index contributed by atoms with van der Waals surface area (Å²) in [7, 11) is 0. The number of amides is 2. The van der Waals surface area contributed by atoms with E-state index in [1.165, 1.54) is 24.4 Å². The lowest BCUT2D eigenvalue weighted by Crippen LogP contribution is -2.44. The van der Waals surface area contributed by atoms with Gasteiger partial charge >= 0.3 is 12.2 Å². The van der Waals surface area contributed by atoms with E-state index in [9.17, 15) is 22.8 Å². The largest absolute Gasteiger partial charge is 0.477 e. The number of anilines is 1. The molecule has 2 aliphatic rings. The highest BCUT2D eigenvalue weighted by Crippen LogP contribution is 2.43. The fourth-order valence-electron chi connectivity index (χ4n) is 4.90. The van der Waals surface area contributed by atoms with Crippen LogP contribution in [0.5, 0.6) is 5.88 Å². The van der Waals surface area contributed by atoms with Gasteiger partial charge in [-0.2, -0.15) is 13.2 Å². The Balaban J connectivity index is 1.29. The van der Waals surface area contributed by atoms with Gasteiger partial charge in [0.25, 0.3) is 0 Å². The van der Waals surface area contributed by atoms with Crippen LogP contribution in [0.1, 0.15) is 36.4 Å². The molecule has 0 saturated carbocycles. The molecule has 0 unspecified atom stereocenters. The van der Waals surface area contributed by atoms with Crippen molar-refractivity contribution < 1.29 is 27.1 Å². The minimum Gasteiger partial charge on any atom is -0.477 e. The second-order valence-corrected chi connectivity index (χ2v) is 9.38. The van der Waals surface area contributed by atoms with Crippen LogP contribution in [0, 0.1) is 5.82 Å². The van der Waals surface area contributed by atoms with Crippen molar-refractivity contribution in [2.24, 2.45) is 0 Å². The first kappa shape index (κ1) is 25.1. The number of alkyl halides is 3. The average Bonchev–Trinajstić information content (AvgIpc) is 3.15. The maximum Gasteiger partial charge on any atom is 0.392 e. The van der Waals surface area contributed by atoms with Gasteiger partial charge in [-0.25, -0.2) is 14.2 Å². The molecule has 1 fully saturated rings. The first-order chi connectivity index (χ1) is 17.6. The fraction of sp³-hybridized carbons (Fsp3) is 0.320. The van der Waals surface area contributed by atoms with Crippen LogP contribution in [0.15, 0.2) is 47.5 Å². The normalized spacial score (nSPS) is 18.5. The standard InChI is InChI=1S/C25H21ClF4N4O3/c26-18-10-20(19(27)9-16(18)13-1-4-23(32-11-13)37-6-5-25(28,29)30)33-24(36)34-15-2-3-21(34)17-12-31-22(35)8-14(17)7-15/h1,4,8-12,15,21H,2-3,5-7H2,(H,31,35)(H,33,36)/t15-,21+/m0/s1. The molecule has 0 aliphatic carbocycles. The second kappa shape index (κ2) is 9.70. The van der Waals surface area contributed by atoms with Crippen LogP contribution in [0.4, 0.5) is 28.0 Å². The minimum absolute atomic E-state index is 0.00436. The number of hydrogen-bond donors (Lipinski definition) is 2. The Morgan fingerprint density at radius 1 is 1.24 bits per heavy atom. The van der Waals surface area contributed by atoms with Gasteiger partial charge < -0.3 is 19.9 Å². The number of nitrogens with zero attached hydrogens (tertiary/aromatic N) is 2. The predicted octanol–water partition coefficient (Wildman–Crippen LogP) is 5.85. The van der Waals surface area contributed by atoms with Crippen molar-refractivity contribution in [1.29, 1.82) is 0 Å². The zero-order valence-corrected chi connectivity index (χ0v) is 20.0. The van der Waals surface area contributed by atoms with Crippen molar-refractivity contribution in [2.45, 2.75) is 43.9 Å². The Morgan fingerprint density at radius 2 is 2.05 bits per heavy atom. The zero-order valence-electron chi connectivity index (χ0n) is 19.2. The van der Waals surface area contributed by atoms with Gasteiger partial charge in [-0.1, -0.05) is 11.6 Å². The highest BCUT2D eigenvalue weighted by atomic mass is 35.5. The van der Waals surface area contributed by atoms with Crippen molar-refractivity contribution in [1.82, 2.24) is 14.9 Å². The Morgan fingerprint density at radius 3 is 2.78 bits per heavy atom. The minimum atomic E-state index is -4.33. The number of hydrogen-bond acceptors (Lipinski definition) is 4. The lowest BCUT2D eigenvalue weighted by Gasteiger charge is -2.36. The van der Waals surface area contributed by atoms with E-state index >= 15 is 4.39 Å². The number of nitrogens with one attached hydrogen (secondary N) is 2. The van der Waals surface area contributed by atoms with Crippen LogP contribution in [0.3, 0.4) is 0 Å². The van der Waals surface area contributed by atoms with Gasteiger partial charge in [-0.3, -0.25) is 4.79 Å². The van der Waals surface area contributed by atoms with Crippen LogP contribution >= 0.6 is 11.6 Å². The zero-order chi connectivity index (χ0) is 26.3. The van der Waals surface area contributed by atoms with Crippen LogP contribution < -0.4 is 15.6 Å². The summed E-state index contributed by atoms with van der Waals surface area (Å²) in [4.78, 5) is 33.1. The first-order valence-electron chi connectivity index (χ1n) is 11.5. The summed E-state index contributed by atoms with van der Waals surface area (Å²) in [5, 5.41) is 2.76. The van der Waals surface area contributed by atoms with E-state index in [1.807, 2.05) is 0 Å². The van der Waals surface area contributed by atoms with E-state index in [4.69, 9.17) is 16.3 Å². The molecule has 0 spiro atoms. The number of pyridine rings is 2. The third kappa shape index (κ3) is 5.27. The number of halogens is 5. The average molecular weight is 537 g/mol. The highest BCUT2D eigenvalue weighted by molar-refractivity contribution is 6.33. The van der Waals surface area contributed by atoms with Gasteiger partial charge in [0.15, 0.2) is 0 Å². The molecule has 2 atom stereocenters. The SMILES string of the molecule is O=C(Nc1cc(Cl)c(-c2ccc(OCCC(F)(F)F)nc2)cc1F)N1[C@H]2CC[C@@H]1c1c[nH]c(=O)cc1C2. The molecule has 1 aromatic carbocycles. The Bertz CT molecular complexity index is 1390. The molecule has 2 aliphatic heterocycles. The molecule has 2 bridgehead atoms. The molecular weight excluding hydrogens is 516 g/mol. The molecule has 12 heteroatoms. The Kier molecular flexibility index (Phi) is 6.57. The second-order valence-electron chi connectivity index (χ2n) is 8.98. The summed E-state index contributed by atoms with van der Waals surface area (Å²) in [6.45, 7) is -0.568. The maximum atomic E-state index is 15.0. The number of ether oxygens (including phenoxy) is 1. The molecular formula is C25H21ClF4N4O3. The van der Waals surface area contributed by atoms with Crippen molar-refractivity contribution in [3.05, 3.63) is 75.0 Å². The lowest BCUT2D eigenvalue weighted by atomic mass is 9.95. The maximum absolute atomic E-state index is 15.0. The fourth-order valence-corrected chi connectivity index (χ4v) is 5.17.